The second-order valence-corrected chi connectivity index (χ2v) is 9.86. The van der Waals surface area contributed by atoms with Crippen molar-refractivity contribution in [1.82, 2.24) is 19.9 Å². The lowest BCUT2D eigenvalue weighted by Gasteiger charge is -2.41. The van der Waals surface area contributed by atoms with E-state index in [2.05, 4.69) is 43.1 Å². The van der Waals surface area contributed by atoms with Crippen molar-refractivity contribution in [3.63, 3.8) is 0 Å². The summed E-state index contributed by atoms with van der Waals surface area (Å²) in [5.41, 5.74) is 9.46. The topological polar surface area (TPSA) is 123 Å². The zero-order chi connectivity index (χ0) is 29.3. The summed E-state index contributed by atoms with van der Waals surface area (Å²) in [7, 11) is 3.61. The van der Waals surface area contributed by atoms with Crippen molar-refractivity contribution >= 4 is 11.9 Å². The maximum absolute atomic E-state index is 9.46. The molecule has 0 aromatic carbocycles. The molecule has 11 nitrogen and oxygen atoms in total. The van der Waals surface area contributed by atoms with Crippen LogP contribution < -0.4 is 5.73 Å². The average Bonchev–Trinajstić information content (AvgIpc) is 2.85. The smallest absolute Gasteiger partial charge is 0.223 e. The van der Waals surface area contributed by atoms with E-state index in [0.717, 1.165) is 19.4 Å². The van der Waals surface area contributed by atoms with E-state index in [-0.39, 0.29) is 23.6 Å². The number of aliphatic imine (C=N–C) groups is 2. The summed E-state index contributed by atoms with van der Waals surface area (Å²) >= 11 is 0. The molecule has 0 aromatic heterocycles. The Morgan fingerprint density at radius 2 is 1.38 bits per heavy atom. The molecule has 2 saturated heterocycles. The van der Waals surface area contributed by atoms with Crippen molar-refractivity contribution in [2.45, 2.75) is 71.4 Å². The summed E-state index contributed by atoms with van der Waals surface area (Å²) < 4.78 is 0. The first-order valence-corrected chi connectivity index (χ1v) is 13.1. The molecule has 0 saturated carbocycles. The molecule has 2 fully saturated rings. The summed E-state index contributed by atoms with van der Waals surface area (Å²) in [6, 6.07) is -0.0166. The largest absolute Gasteiger partial charge is 0.509 e. The van der Waals surface area contributed by atoms with Gasteiger partial charge in [-0.2, -0.15) is 15.1 Å². The van der Waals surface area contributed by atoms with Crippen LogP contribution in [0.1, 0.15) is 59.3 Å². The third-order valence-corrected chi connectivity index (χ3v) is 6.46. The Balaban J connectivity index is 2.20. The average molecular weight is 544 g/mol. The summed E-state index contributed by atoms with van der Waals surface area (Å²) in [5.74, 6) is 0.956. The number of hydrogen-bond acceptors (Lipinski definition) is 7. The first kappa shape index (κ1) is 31.2. The minimum absolute atomic E-state index is 0.00799. The fourth-order valence-electron chi connectivity index (χ4n) is 4.49. The molecular weight excluding hydrogens is 498 g/mol. The quantitative estimate of drug-likeness (QED) is 0.209. The van der Waals surface area contributed by atoms with Gasteiger partial charge in [-0.3, -0.25) is 4.99 Å². The van der Waals surface area contributed by atoms with Crippen LogP contribution >= 0.6 is 0 Å². The maximum Gasteiger partial charge on any atom is 0.223 e. The molecule has 0 atom stereocenters. The van der Waals surface area contributed by atoms with Gasteiger partial charge in [-0.25, -0.2) is 0 Å². The summed E-state index contributed by atoms with van der Waals surface area (Å²) in [5, 5.41) is 22.0. The van der Waals surface area contributed by atoms with Gasteiger partial charge in [-0.05, 0) is 20.3 Å². The molecule has 2 aliphatic rings. The Morgan fingerprint density at radius 3 is 1.77 bits per heavy atom. The van der Waals surface area contributed by atoms with Gasteiger partial charge in [-0.15, -0.1) is 0 Å². The fourth-order valence-corrected chi connectivity index (χ4v) is 4.49. The lowest BCUT2D eigenvalue weighted by molar-refractivity contribution is -0.0597. The van der Waals surface area contributed by atoms with Crippen LogP contribution in [0.2, 0.25) is 0 Å². The third-order valence-electron chi connectivity index (χ3n) is 6.46. The van der Waals surface area contributed by atoms with E-state index >= 15 is 0 Å². The van der Waals surface area contributed by atoms with E-state index in [1.165, 1.54) is 31.4 Å². The number of aliphatic hydroxyl groups excluding tert-OH is 2. The van der Waals surface area contributed by atoms with Gasteiger partial charge in [0, 0.05) is 58.4 Å². The van der Waals surface area contributed by atoms with Crippen molar-refractivity contribution < 1.29 is 19.9 Å². The minimum atomic E-state index is -0.00857. The molecule has 0 aliphatic carbocycles. The molecule has 0 unspecified atom stereocenters. The summed E-state index contributed by atoms with van der Waals surface area (Å²) in [6.45, 7) is 22.4. The molecule has 0 amide bonds. The van der Waals surface area contributed by atoms with Gasteiger partial charge >= 0.3 is 0 Å². The Morgan fingerprint density at radius 1 is 0.949 bits per heavy atom. The molecule has 216 valence electrons. The van der Waals surface area contributed by atoms with Crippen LogP contribution in [0.25, 0.3) is 0 Å². The highest BCUT2D eigenvalue weighted by molar-refractivity contribution is 5.94. The highest BCUT2D eigenvalue weighted by atomic mass is 16.7. The number of hydroxylamine groups is 4. The molecular formula is C28H45N7O4. The molecule has 0 radical (unpaired) electrons. The number of piperidine rings is 2. The van der Waals surface area contributed by atoms with Crippen LogP contribution in [0.3, 0.4) is 0 Å². The van der Waals surface area contributed by atoms with E-state index in [1.807, 2.05) is 11.9 Å². The number of hydrogen-bond donors (Lipinski definition) is 3. The predicted molar refractivity (Wildman–Crippen MR) is 156 cm³/mol. The standard InChI is InChI=1S/C28H45N7O4/c1-10-11-12-33(26-15-21(4)35(22(5)16-26)39-18-24(7)37)27(29)31-28(30-8)32(9)25-13-19(2)34(20(3)14-25)38-17-23(6)36/h17-18,25-26,36-37H,2-5,10-16H2,1,6-9H3,(H2,29,30,31)/b23-17-,24-18-. The van der Waals surface area contributed by atoms with E-state index in [0.29, 0.717) is 60.4 Å². The number of nitrogens with two attached hydrogens (primary N) is 1. The van der Waals surface area contributed by atoms with Crippen molar-refractivity contribution in [3.8, 4) is 0 Å². The summed E-state index contributed by atoms with van der Waals surface area (Å²) in [6.07, 6.45) is 6.79. The monoisotopic (exact) mass is 543 g/mol. The second kappa shape index (κ2) is 14.2. The molecule has 0 aromatic rings. The van der Waals surface area contributed by atoms with Gasteiger partial charge in [0.25, 0.3) is 0 Å². The first-order chi connectivity index (χ1) is 18.4. The van der Waals surface area contributed by atoms with Gasteiger partial charge in [0.1, 0.15) is 11.5 Å². The molecule has 0 bridgehead atoms. The highest BCUT2D eigenvalue weighted by Gasteiger charge is 2.33. The highest BCUT2D eigenvalue weighted by Crippen LogP contribution is 2.32. The number of allylic oxidation sites excluding steroid dienone is 2. The van der Waals surface area contributed by atoms with Gasteiger partial charge in [0.2, 0.25) is 5.96 Å². The van der Waals surface area contributed by atoms with Crippen LogP contribution in [0.15, 0.2) is 83.1 Å². The Hall–Kier alpha value is -4.02. The van der Waals surface area contributed by atoms with Gasteiger partial charge in [0.05, 0.1) is 22.8 Å². The van der Waals surface area contributed by atoms with E-state index < -0.39 is 0 Å². The van der Waals surface area contributed by atoms with Crippen LogP contribution in [0.4, 0.5) is 0 Å². The fraction of sp³-hybridized carbons (Fsp3) is 0.500. The van der Waals surface area contributed by atoms with Crippen LogP contribution in [0, 0.1) is 0 Å². The molecule has 2 heterocycles. The van der Waals surface area contributed by atoms with Gasteiger partial charge in [0.15, 0.2) is 18.5 Å². The van der Waals surface area contributed by atoms with Crippen molar-refractivity contribution in [2.75, 3.05) is 20.6 Å². The lowest BCUT2D eigenvalue weighted by atomic mass is 9.99. The zero-order valence-electron chi connectivity index (χ0n) is 24.1. The summed E-state index contributed by atoms with van der Waals surface area (Å²) in [4.78, 5) is 24.3. The Bertz CT molecular complexity index is 1020. The van der Waals surface area contributed by atoms with Crippen molar-refractivity contribution in [2.24, 2.45) is 15.7 Å². The Kier molecular flexibility index (Phi) is 11.4. The van der Waals surface area contributed by atoms with Crippen LogP contribution in [0.5, 0.6) is 0 Å². The molecule has 11 heteroatoms. The lowest BCUT2D eigenvalue weighted by Crippen LogP contribution is -2.50. The van der Waals surface area contributed by atoms with E-state index in [4.69, 9.17) is 20.4 Å². The molecule has 2 aliphatic heterocycles. The normalized spacial score (nSPS) is 19.1. The minimum Gasteiger partial charge on any atom is -0.509 e. The van der Waals surface area contributed by atoms with Crippen molar-refractivity contribution in [1.29, 1.82) is 0 Å². The van der Waals surface area contributed by atoms with E-state index in [9.17, 15) is 10.2 Å². The molecule has 4 N–H and O–H groups in total. The molecule has 39 heavy (non-hydrogen) atoms. The number of nitrogens with zero attached hydrogens (tertiary/aromatic N) is 6. The van der Waals surface area contributed by atoms with E-state index in [1.54, 1.807) is 12.1 Å². The molecule has 2 rings (SSSR count). The SMILES string of the molecule is C=C1CC(N(C)C(=NC)N=C(N)N(CCCC)C2CC(=C)N(O/C=C(/C)O)C(=C)C2)CC(=C)N1O/C=C(/C)O. The van der Waals surface area contributed by atoms with Gasteiger partial charge in [-0.1, -0.05) is 39.7 Å². The Labute approximate surface area is 232 Å². The first-order valence-electron chi connectivity index (χ1n) is 13.1. The third kappa shape index (κ3) is 8.49. The van der Waals surface area contributed by atoms with Crippen LogP contribution in [-0.2, 0) is 9.68 Å². The predicted octanol–water partition coefficient (Wildman–Crippen LogP) is 5.01. The number of unbranched alkanes of at least 4 members (excludes halogenated alkanes) is 1. The number of guanidine groups is 2. The van der Waals surface area contributed by atoms with Crippen LogP contribution in [-0.4, -0.2) is 74.8 Å². The number of rotatable bonds is 9. The van der Waals surface area contributed by atoms with Gasteiger partial charge < -0.3 is 35.4 Å². The zero-order valence-corrected chi connectivity index (χ0v) is 24.1. The number of aliphatic hydroxyl groups is 2. The second-order valence-electron chi connectivity index (χ2n) is 9.86. The van der Waals surface area contributed by atoms with Crippen molar-refractivity contribution in [3.05, 3.63) is 73.1 Å². The molecule has 0 spiro atoms. The maximum atomic E-state index is 9.46.